The van der Waals surface area contributed by atoms with Crippen LogP contribution in [0.1, 0.15) is 32.6 Å². The molecule has 3 heterocycles. The molecule has 35 heavy (non-hydrogen) atoms. The molecule has 0 radical (unpaired) electrons. The lowest BCUT2D eigenvalue weighted by atomic mass is 9.66. The molecule has 3 unspecified atom stereocenters. The number of hydrogen-bond donors (Lipinski definition) is 3. The predicted molar refractivity (Wildman–Crippen MR) is 138 cm³/mol. The number of thioether (sulfide) groups is 1. The highest BCUT2D eigenvalue weighted by atomic mass is 32.2. The molecule has 0 aliphatic carbocycles. The van der Waals surface area contributed by atoms with Crippen molar-refractivity contribution < 1.29 is 19.5 Å². The van der Waals surface area contributed by atoms with Crippen LogP contribution >= 0.6 is 11.8 Å². The second-order valence-corrected chi connectivity index (χ2v) is 11.6. The summed E-state index contributed by atoms with van der Waals surface area (Å²) >= 11 is 1.69. The molecule has 3 aliphatic rings. The summed E-state index contributed by atoms with van der Waals surface area (Å²) in [6, 6.07) is 13.2. The van der Waals surface area contributed by atoms with E-state index in [1.54, 1.807) is 23.7 Å². The summed E-state index contributed by atoms with van der Waals surface area (Å²) in [5.41, 5.74) is 0.703. The first kappa shape index (κ1) is 24.1. The van der Waals surface area contributed by atoms with E-state index in [-0.39, 0.29) is 35.5 Å². The van der Waals surface area contributed by atoms with Gasteiger partial charge in [-0.25, -0.2) is 0 Å². The zero-order chi connectivity index (χ0) is 24.7. The molecule has 3 amide bonds. The van der Waals surface area contributed by atoms with Gasteiger partial charge in [-0.3, -0.25) is 14.4 Å². The Hall–Kier alpha value is -2.58. The van der Waals surface area contributed by atoms with Gasteiger partial charge in [0.15, 0.2) is 0 Å². The van der Waals surface area contributed by atoms with Crippen LogP contribution in [0.2, 0.25) is 0 Å². The number of nitrogens with one attached hydrogen (secondary N) is 2. The predicted octanol–water partition coefficient (Wildman–Crippen LogP) is 3.02. The van der Waals surface area contributed by atoms with Gasteiger partial charge in [0.25, 0.3) is 0 Å². The number of unbranched alkanes of at least 4 members (excludes halogenated alkanes) is 2. The Morgan fingerprint density at radius 2 is 1.89 bits per heavy atom. The van der Waals surface area contributed by atoms with Gasteiger partial charge in [0.1, 0.15) is 6.04 Å². The summed E-state index contributed by atoms with van der Waals surface area (Å²) in [5, 5.41) is 17.2. The quantitative estimate of drug-likeness (QED) is 0.489. The molecular formula is C27H33N3O4S. The van der Waals surface area contributed by atoms with E-state index >= 15 is 0 Å². The fourth-order valence-corrected chi connectivity index (χ4v) is 9.00. The van der Waals surface area contributed by atoms with Crippen molar-refractivity contribution in [2.75, 3.05) is 25.5 Å². The number of anilines is 1. The molecule has 2 aromatic carbocycles. The Morgan fingerprint density at radius 3 is 2.63 bits per heavy atom. The molecule has 3 aliphatic heterocycles. The fourth-order valence-electron chi connectivity index (χ4n) is 6.58. The standard InChI is InChI=1S/C27H33N3O4S/c1-16-14-20-21(24(32)28-2)22-26(34)30(12-6-3-7-13-31)23(27(16,22)35-20)25(33)29-19-11-10-17-8-4-5-9-18(17)15-19/h4-5,8-11,15-16,20-23,31H,3,6-7,12-14H2,1-2H3,(H,28,32)(H,29,33)/t16?,20-,21+,22+,23?,27?/m1/s1. The average molecular weight is 496 g/mol. The van der Waals surface area contributed by atoms with Gasteiger partial charge in [-0.2, -0.15) is 0 Å². The van der Waals surface area contributed by atoms with Gasteiger partial charge >= 0.3 is 0 Å². The van der Waals surface area contributed by atoms with Crippen molar-refractivity contribution in [1.29, 1.82) is 0 Å². The van der Waals surface area contributed by atoms with E-state index in [1.807, 2.05) is 42.5 Å². The van der Waals surface area contributed by atoms with Crippen molar-refractivity contribution in [2.24, 2.45) is 17.8 Å². The van der Waals surface area contributed by atoms with E-state index in [2.05, 4.69) is 17.6 Å². The van der Waals surface area contributed by atoms with Gasteiger partial charge in [-0.15, -0.1) is 11.8 Å². The van der Waals surface area contributed by atoms with Gasteiger partial charge in [0, 0.05) is 31.1 Å². The van der Waals surface area contributed by atoms with E-state index in [9.17, 15) is 19.5 Å². The van der Waals surface area contributed by atoms with Crippen LogP contribution in [0, 0.1) is 17.8 Å². The highest BCUT2D eigenvalue weighted by Crippen LogP contribution is 2.68. The second kappa shape index (κ2) is 9.47. The molecule has 3 saturated heterocycles. The van der Waals surface area contributed by atoms with Crippen LogP contribution in [0.4, 0.5) is 5.69 Å². The van der Waals surface area contributed by atoms with Crippen molar-refractivity contribution in [1.82, 2.24) is 10.2 Å². The highest BCUT2D eigenvalue weighted by Gasteiger charge is 2.75. The van der Waals surface area contributed by atoms with Crippen LogP contribution < -0.4 is 10.6 Å². The second-order valence-electron chi connectivity index (χ2n) is 10.0. The first-order chi connectivity index (χ1) is 16.9. The molecule has 8 heteroatoms. The van der Waals surface area contributed by atoms with E-state index in [1.165, 1.54) is 0 Å². The molecule has 0 saturated carbocycles. The van der Waals surface area contributed by atoms with Crippen molar-refractivity contribution in [3.63, 3.8) is 0 Å². The number of rotatable bonds is 8. The van der Waals surface area contributed by atoms with Gasteiger partial charge < -0.3 is 20.6 Å². The first-order valence-electron chi connectivity index (χ1n) is 12.5. The third kappa shape index (κ3) is 3.82. The Kier molecular flexibility index (Phi) is 6.53. The van der Waals surface area contributed by atoms with Gasteiger partial charge in [-0.1, -0.05) is 37.3 Å². The SMILES string of the molecule is CNC(=O)[C@@H]1[C@H]2C(=O)N(CCCCCO)C(C(=O)Nc3ccc4ccccc4c3)C23S[C@@H]1CC3C. The zero-order valence-corrected chi connectivity index (χ0v) is 21.0. The number of hydrogen-bond acceptors (Lipinski definition) is 5. The molecule has 5 rings (SSSR count). The number of aliphatic hydroxyl groups excluding tert-OH is 1. The van der Waals surface area contributed by atoms with Crippen LogP contribution in [0.5, 0.6) is 0 Å². The monoisotopic (exact) mass is 495 g/mol. The lowest BCUT2D eigenvalue weighted by Crippen LogP contribution is -2.55. The van der Waals surface area contributed by atoms with Gasteiger partial charge in [-0.05, 0) is 54.5 Å². The molecular weight excluding hydrogens is 462 g/mol. The van der Waals surface area contributed by atoms with Gasteiger partial charge in [0.2, 0.25) is 17.7 Å². The smallest absolute Gasteiger partial charge is 0.248 e. The topological polar surface area (TPSA) is 98.7 Å². The molecule has 7 nitrogen and oxygen atoms in total. The lowest BCUT2D eigenvalue weighted by molar-refractivity contribution is -0.139. The minimum absolute atomic E-state index is 0.0476. The maximum atomic E-state index is 14.0. The zero-order valence-electron chi connectivity index (χ0n) is 20.2. The summed E-state index contributed by atoms with van der Waals surface area (Å²) < 4.78 is -0.614. The molecule has 2 bridgehead atoms. The number of nitrogens with zero attached hydrogens (tertiary/aromatic N) is 1. The molecule has 186 valence electrons. The largest absolute Gasteiger partial charge is 0.396 e. The number of aliphatic hydroxyl groups is 1. The molecule has 3 fully saturated rings. The Morgan fingerprint density at radius 1 is 1.11 bits per heavy atom. The van der Waals surface area contributed by atoms with Crippen molar-refractivity contribution in [3.8, 4) is 0 Å². The maximum absolute atomic E-state index is 14.0. The van der Waals surface area contributed by atoms with Crippen LogP contribution in [-0.2, 0) is 14.4 Å². The number of fused-ring (bicyclic) bond motifs is 2. The van der Waals surface area contributed by atoms with E-state index in [0.29, 0.717) is 25.1 Å². The van der Waals surface area contributed by atoms with E-state index in [4.69, 9.17) is 0 Å². The summed E-state index contributed by atoms with van der Waals surface area (Å²) in [6.07, 6.45) is 2.98. The number of amides is 3. The molecule has 3 N–H and O–H groups in total. The summed E-state index contributed by atoms with van der Waals surface area (Å²) in [6.45, 7) is 2.68. The Labute approximate surface area is 210 Å². The maximum Gasteiger partial charge on any atom is 0.248 e. The van der Waals surface area contributed by atoms with Crippen LogP contribution in [-0.4, -0.2) is 64.0 Å². The fraction of sp³-hybridized carbons (Fsp3) is 0.519. The van der Waals surface area contributed by atoms with Crippen LogP contribution in [0.25, 0.3) is 10.8 Å². The Bertz CT molecular complexity index is 1160. The molecule has 1 spiro atoms. The van der Waals surface area contributed by atoms with Crippen LogP contribution in [0.15, 0.2) is 42.5 Å². The lowest BCUT2D eigenvalue weighted by Gasteiger charge is -2.38. The third-order valence-electron chi connectivity index (χ3n) is 8.12. The minimum Gasteiger partial charge on any atom is -0.396 e. The first-order valence-corrected chi connectivity index (χ1v) is 13.4. The average Bonchev–Trinajstić information content (AvgIpc) is 3.45. The molecule has 6 atom stereocenters. The number of carbonyl (C=O) groups excluding carboxylic acids is 3. The molecule has 2 aromatic rings. The number of carbonyl (C=O) groups is 3. The van der Waals surface area contributed by atoms with Crippen LogP contribution in [0.3, 0.4) is 0 Å². The van der Waals surface area contributed by atoms with Crippen molar-refractivity contribution in [2.45, 2.75) is 48.6 Å². The third-order valence-corrected chi connectivity index (χ3v) is 10.2. The number of likely N-dealkylation sites (tertiary alicyclic amines) is 1. The van der Waals surface area contributed by atoms with E-state index in [0.717, 1.165) is 23.6 Å². The summed E-state index contributed by atoms with van der Waals surface area (Å²) in [5.74, 6) is -1.13. The van der Waals surface area contributed by atoms with Crippen molar-refractivity contribution >= 4 is 45.9 Å². The van der Waals surface area contributed by atoms with E-state index < -0.39 is 22.6 Å². The normalized spacial score (nSPS) is 31.1. The molecule has 0 aromatic heterocycles. The van der Waals surface area contributed by atoms with Crippen molar-refractivity contribution in [3.05, 3.63) is 42.5 Å². The summed E-state index contributed by atoms with van der Waals surface area (Å²) in [7, 11) is 1.62. The van der Waals surface area contributed by atoms with Gasteiger partial charge in [0.05, 0.1) is 16.6 Å². The highest BCUT2D eigenvalue weighted by molar-refractivity contribution is 8.02. The number of benzene rings is 2. The minimum atomic E-state index is -0.639. The summed E-state index contributed by atoms with van der Waals surface area (Å²) in [4.78, 5) is 42.4. The Balaban J connectivity index is 1.49.